The van der Waals surface area contributed by atoms with E-state index in [1.165, 1.54) is 22.2 Å². The summed E-state index contributed by atoms with van der Waals surface area (Å²) >= 11 is 1.30. The van der Waals surface area contributed by atoms with E-state index < -0.39 is 6.04 Å². The van der Waals surface area contributed by atoms with Crippen molar-refractivity contribution in [1.82, 2.24) is 14.5 Å². The summed E-state index contributed by atoms with van der Waals surface area (Å²) < 4.78 is 1.87. The van der Waals surface area contributed by atoms with E-state index >= 15 is 0 Å². The van der Waals surface area contributed by atoms with Gasteiger partial charge in [0.05, 0.1) is 11.8 Å². The third-order valence-electron chi connectivity index (χ3n) is 4.26. The first-order valence-corrected chi connectivity index (χ1v) is 8.98. The number of thiophene rings is 1. The van der Waals surface area contributed by atoms with Gasteiger partial charge < -0.3 is 5.32 Å². The number of nitrogens with zero attached hydrogens (tertiary/aromatic N) is 3. The minimum Gasteiger partial charge on any atom is -0.324 e. The smallest absolute Gasteiger partial charge is 0.272 e. The van der Waals surface area contributed by atoms with E-state index in [2.05, 4.69) is 15.3 Å². The summed E-state index contributed by atoms with van der Waals surface area (Å²) in [5.41, 5.74) is 2.15. The number of amides is 1. The van der Waals surface area contributed by atoms with Gasteiger partial charge in [-0.15, -0.1) is 11.3 Å². The van der Waals surface area contributed by atoms with Crippen LogP contribution >= 0.6 is 11.3 Å². The third kappa shape index (κ3) is 2.76. The molecule has 0 saturated carbocycles. The standard InChI is InChI=1S/C19H16N4O2S/c1-11-5-3-6-13(9-11)22-17(24)12(2)23-10-21-15-14-7-4-8-20-18(14)26-16(15)19(23)25/h3-10,12H,1-2H3,(H,22,24)/t12-/m0/s1. The first-order valence-electron chi connectivity index (χ1n) is 8.16. The largest absolute Gasteiger partial charge is 0.324 e. The van der Waals surface area contributed by atoms with Crippen molar-refractivity contribution in [3.8, 4) is 0 Å². The van der Waals surface area contributed by atoms with Crippen LogP contribution in [-0.4, -0.2) is 20.4 Å². The Morgan fingerprint density at radius 1 is 1.23 bits per heavy atom. The van der Waals surface area contributed by atoms with Crippen LogP contribution in [0.4, 0.5) is 5.69 Å². The summed E-state index contributed by atoms with van der Waals surface area (Å²) in [5.74, 6) is -0.266. The van der Waals surface area contributed by atoms with Gasteiger partial charge >= 0.3 is 0 Å². The second-order valence-electron chi connectivity index (χ2n) is 6.13. The lowest BCUT2D eigenvalue weighted by Crippen LogP contribution is -2.31. The summed E-state index contributed by atoms with van der Waals surface area (Å²) in [6, 6.07) is 10.6. The average molecular weight is 364 g/mol. The molecule has 0 unspecified atom stereocenters. The molecule has 1 atom stereocenters. The lowest BCUT2D eigenvalue weighted by molar-refractivity contribution is -0.118. The number of carbonyl (C=O) groups excluding carboxylic acids is 1. The van der Waals surface area contributed by atoms with E-state index in [0.29, 0.717) is 15.9 Å². The Morgan fingerprint density at radius 2 is 2.08 bits per heavy atom. The van der Waals surface area contributed by atoms with Crippen LogP contribution in [0.5, 0.6) is 0 Å². The van der Waals surface area contributed by atoms with E-state index in [1.807, 2.05) is 43.3 Å². The maximum Gasteiger partial charge on any atom is 0.272 e. The molecular weight excluding hydrogens is 348 g/mol. The highest BCUT2D eigenvalue weighted by Gasteiger charge is 2.20. The normalized spacial score (nSPS) is 12.4. The Kier molecular flexibility index (Phi) is 4.00. The predicted molar refractivity (Wildman–Crippen MR) is 104 cm³/mol. The maximum atomic E-state index is 12.9. The van der Waals surface area contributed by atoms with Gasteiger partial charge in [-0.05, 0) is 43.7 Å². The van der Waals surface area contributed by atoms with Gasteiger partial charge in [-0.25, -0.2) is 9.97 Å². The molecule has 0 saturated heterocycles. The van der Waals surface area contributed by atoms with Crippen molar-refractivity contribution in [2.45, 2.75) is 19.9 Å². The highest BCUT2D eigenvalue weighted by molar-refractivity contribution is 7.25. The zero-order chi connectivity index (χ0) is 18.3. The zero-order valence-electron chi connectivity index (χ0n) is 14.3. The number of pyridine rings is 1. The number of aromatic nitrogens is 3. The van der Waals surface area contributed by atoms with Crippen molar-refractivity contribution < 1.29 is 4.79 Å². The molecule has 3 heterocycles. The molecule has 6 nitrogen and oxygen atoms in total. The monoisotopic (exact) mass is 364 g/mol. The fraction of sp³-hybridized carbons (Fsp3) is 0.158. The third-order valence-corrected chi connectivity index (χ3v) is 5.35. The minimum atomic E-state index is -0.682. The zero-order valence-corrected chi connectivity index (χ0v) is 15.1. The molecule has 130 valence electrons. The van der Waals surface area contributed by atoms with Crippen molar-refractivity contribution in [3.63, 3.8) is 0 Å². The number of carbonyl (C=O) groups is 1. The van der Waals surface area contributed by atoms with Crippen molar-refractivity contribution in [2.75, 3.05) is 5.32 Å². The number of fused-ring (bicyclic) bond motifs is 3. The van der Waals surface area contributed by atoms with Crippen LogP contribution in [0.25, 0.3) is 20.4 Å². The van der Waals surface area contributed by atoms with Crippen LogP contribution in [0.3, 0.4) is 0 Å². The van der Waals surface area contributed by atoms with Crippen LogP contribution in [0.1, 0.15) is 18.5 Å². The molecular formula is C19H16N4O2S. The molecule has 4 rings (SSSR count). The van der Waals surface area contributed by atoms with Crippen molar-refractivity contribution in [3.05, 3.63) is 64.8 Å². The molecule has 0 radical (unpaired) electrons. The Hall–Kier alpha value is -3.06. The first kappa shape index (κ1) is 16.4. The lowest BCUT2D eigenvalue weighted by Gasteiger charge is -2.15. The molecule has 4 aromatic rings. The summed E-state index contributed by atoms with van der Waals surface area (Å²) in [6.45, 7) is 3.64. The van der Waals surface area contributed by atoms with Crippen LogP contribution < -0.4 is 10.9 Å². The maximum absolute atomic E-state index is 12.9. The summed E-state index contributed by atoms with van der Waals surface area (Å²) in [4.78, 5) is 34.9. The fourth-order valence-corrected chi connectivity index (χ4v) is 3.89. The molecule has 26 heavy (non-hydrogen) atoms. The Labute approximate surface area is 153 Å². The van der Waals surface area contributed by atoms with Gasteiger partial charge in [0.15, 0.2) is 0 Å². The Bertz CT molecular complexity index is 1200. The van der Waals surface area contributed by atoms with Crippen molar-refractivity contribution in [2.24, 2.45) is 0 Å². The summed E-state index contributed by atoms with van der Waals surface area (Å²) in [6.07, 6.45) is 3.12. The number of aryl methyl sites for hydroxylation is 1. The fourth-order valence-electron chi connectivity index (χ4n) is 2.85. The van der Waals surface area contributed by atoms with Gasteiger partial charge in [-0.2, -0.15) is 0 Å². The molecule has 7 heteroatoms. The van der Waals surface area contributed by atoms with Crippen LogP contribution in [0, 0.1) is 6.92 Å². The minimum absolute atomic E-state index is 0.232. The second kappa shape index (κ2) is 6.34. The van der Waals surface area contributed by atoms with E-state index in [0.717, 1.165) is 15.8 Å². The number of hydrogen-bond acceptors (Lipinski definition) is 5. The number of nitrogens with one attached hydrogen (secondary N) is 1. The molecule has 0 spiro atoms. The molecule has 1 amide bonds. The SMILES string of the molecule is Cc1cccc(NC(=O)[C@H](C)n2cnc3c(sc4ncccc43)c2=O)c1. The molecule has 1 aromatic carbocycles. The van der Waals surface area contributed by atoms with Crippen LogP contribution in [0.2, 0.25) is 0 Å². The quantitative estimate of drug-likeness (QED) is 0.603. The molecule has 3 aromatic heterocycles. The number of hydrogen-bond donors (Lipinski definition) is 1. The summed E-state index contributed by atoms with van der Waals surface area (Å²) in [5, 5.41) is 3.70. The van der Waals surface area contributed by atoms with Crippen LogP contribution in [0.15, 0.2) is 53.7 Å². The molecule has 1 N–H and O–H groups in total. The molecule has 0 aliphatic heterocycles. The van der Waals surface area contributed by atoms with Crippen molar-refractivity contribution in [1.29, 1.82) is 0 Å². The van der Waals surface area contributed by atoms with Gasteiger partial charge in [0.25, 0.3) is 5.56 Å². The number of anilines is 1. The van der Waals surface area contributed by atoms with Gasteiger partial charge in [-0.3, -0.25) is 14.2 Å². The Morgan fingerprint density at radius 3 is 2.88 bits per heavy atom. The predicted octanol–water partition coefficient (Wildman–Crippen LogP) is 3.51. The Balaban J connectivity index is 1.71. The second-order valence-corrected chi connectivity index (χ2v) is 7.13. The van der Waals surface area contributed by atoms with E-state index in [4.69, 9.17) is 0 Å². The van der Waals surface area contributed by atoms with Gasteiger partial charge in [0.1, 0.15) is 15.6 Å². The topological polar surface area (TPSA) is 76.9 Å². The molecule has 0 bridgehead atoms. The van der Waals surface area contributed by atoms with Crippen LogP contribution in [-0.2, 0) is 4.79 Å². The number of rotatable bonds is 3. The first-order chi connectivity index (χ1) is 12.5. The molecule has 0 aliphatic carbocycles. The highest BCUT2D eigenvalue weighted by Crippen LogP contribution is 2.28. The van der Waals surface area contributed by atoms with E-state index in [-0.39, 0.29) is 11.5 Å². The van der Waals surface area contributed by atoms with E-state index in [1.54, 1.807) is 13.1 Å². The van der Waals surface area contributed by atoms with Gasteiger partial charge in [0, 0.05) is 17.3 Å². The lowest BCUT2D eigenvalue weighted by atomic mass is 10.2. The number of benzene rings is 1. The molecule has 0 fully saturated rings. The van der Waals surface area contributed by atoms with E-state index in [9.17, 15) is 9.59 Å². The van der Waals surface area contributed by atoms with Gasteiger partial charge in [-0.1, -0.05) is 12.1 Å². The average Bonchev–Trinajstić information content (AvgIpc) is 3.01. The highest BCUT2D eigenvalue weighted by atomic mass is 32.1. The molecule has 0 aliphatic rings. The van der Waals surface area contributed by atoms with Gasteiger partial charge in [0.2, 0.25) is 5.91 Å². The summed E-state index contributed by atoms with van der Waals surface area (Å²) in [7, 11) is 0. The van der Waals surface area contributed by atoms with Crippen molar-refractivity contribution >= 4 is 43.4 Å².